The number of quaternary nitrogens is 1. The molecule has 1 aliphatic rings. The van der Waals surface area contributed by atoms with Gasteiger partial charge in [-0.15, -0.1) is 23.2 Å². The van der Waals surface area contributed by atoms with Crippen LogP contribution in [0.15, 0.2) is 24.3 Å². The monoisotopic (exact) mass is 704 g/mol. The summed E-state index contributed by atoms with van der Waals surface area (Å²) in [5.74, 6) is -0.0347. The van der Waals surface area contributed by atoms with E-state index in [-0.39, 0.29) is 118 Å². The van der Waals surface area contributed by atoms with Gasteiger partial charge in [-0.1, -0.05) is 31.4 Å². The molecular weight excluding hydrogens is 664 g/mol. The van der Waals surface area contributed by atoms with Crippen LogP contribution in [0.5, 0.6) is 0 Å². The number of hydrogen-bond acceptors (Lipinski definition) is 6. The molecule has 0 bridgehead atoms. The summed E-state index contributed by atoms with van der Waals surface area (Å²) in [5, 5.41) is 9.62. The molecule has 2 amide bonds. The van der Waals surface area contributed by atoms with Gasteiger partial charge in [-0.25, -0.2) is 9.28 Å². The van der Waals surface area contributed by atoms with Crippen molar-refractivity contribution in [3.8, 4) is 0 Å². The van der Waals surface area contributed by atoms with Crippen molar-refractivity contribution in [2.24, 2.45) is 5.73 Å². The van der Waals surface area contributed by atoms with E-state index in [9.17, 15) is 43.4 Å². The first-order valence-electron chi connectivity index (χ1n) is 12.5. The summed E-state index contributed by atoms with van der Waals surface area (Å²) in [4.78, 5) is 63.0. The molecule has 12 nitrogen and oxygen atoms in total. The van der Waals surface area contributed by atoms with E-state index in [0.717, 1.165) is 18.4 Å². The van der Waals surface area contributed by atoms with Gasteiger partial charge in [0.1, 0.15) is 18.8 Å². The van der Waals surface area contributed by atoms with Gasteiger partial charge < -0.3 is 35.7 Å². The second-order valence-electron chi connectivity index (χ2n) is 10.1. The van der Waals surface area contributed by atoms with Crippen molar-refractivity contribution in [3.63, 3.8) is 0 Å². The summed E-state index contributed by atoms with van der Waals surface area (Å²) in [6.45, 7) is 0.723. The summed E-state index contributed by atoms with van der Waals surface area (Å²) in [7, 11) is -11.2. The average Bonchev–Trinajstić information content (AvgIpc) is 2.86. The second-order valence-corrected chi connectivity index (χ2v) is 14.9. The molecule has 1 atom stereocenters. The average molecular weight is 705 g/mol. The minimum atomic E-state index is -5.62. The van der Waals surface area contributed by atoms with Gasteiger partial charge in [0, 0.05) is 12.0 Å². The third kappa shape index (κ3) is 12.0. The number of amides is 2. The number of rotatable bonds is 15. The fraction of sp³-hybridized carbons (Fsp3) is 0.652. The first-order chi connectivity index (χ1) is 18.1. The van der Waals surface area contributed by atoms with Crippen molar-refractivity contribution in [2.45, 2.75) is 68.0 Å². The van der Waals surface area contributed by atoms with Crippen LogP contribution in [-0.4, -0.2) is 167 Å². The van der Waals surface area contributed by atoms with Crippen molar-refractivity contribution in [1.29, 1.82) is 0 Å². The number of nitrogens with two attached hydrogens (primary N) is 1. The molecular formula is C23H41Cl2N3Na3O9P2+. The van der Waals surface area contributed by atoms with Gasteiger partial charge in [0.15, 0.2) is 0 Å². The minimum absolute atomic E-state index is 0. The Morgan fingerprint density at radius 3 is 1.88 bits per heavy atom. The maximum absolute atomic E-state index is 13.1. The van der Waals surface area contributed by atoms with Gasteiger partial charge >= 0.3 is 110 Å². The van der Waals surface area contributed by atoms with Crippen LogP contribution in [-0.2, 0) is 25.1 Å². The molecule has 2 rings (SSSR count). The topological polar surface area (TPSA) is 207 Å². The zero-order valence-corrected chi connectivity index (χ0v) is 24.8. The van der Waals surface area contributed by atoms with E-state index in [1.807, 2.05) is 0 Å². The molecule has 8 N–H and O–H groups in total. The zero-order valence-electron chi connectivity index (χ0n) is 21.5. The van der Waals surface area contributed by atoms with Crippen LogP contribution >= 0.6 is 38.4 Å². The zero-order chi connectivity index (χ0) is 29.5. The third-order valence-corrected chi connectivity index (χ3v) is 11.7. The van der Waals surface area contributed by atoms with Gasteiger partial charge in [-0.2, -0.15) is 0 Å². The van der Waals surface area contributed by atoms with Gasteiger partial charge in [-0.05, 0) is 43.4 Å². The van der Waals surface area contributed by atoms with Crippen molar-refractivity contribution >= 4 is 145 Å². The molecule has 42 heavy (non-hydrogen) atoms. The van der Waals surface area contributed by atoms with Crippen LogP contribution in [0.3, 0.4) is 0 Å². The van der Waals surface area contributed by atoms with Crippen molar-refractivity contribution in [1.82, 2.24) is 9.80 Å². The predicted octanol–water partition coefficient (Wildman–Crippen LogP) is 0.153. The second kappa shape index (κ2) is 19.8. The number of halogens is 2. The summed E-state index contributed by atoms with van der Waals surface area (Å²) in [6, 6.07) is 5.99. The number of nitrogens with one attached hydrogen (secondary N) is 1. The fourth-order valence-electron chi connectivity index (χ4n) is 5.00. The van der Waals surface area contributed by atoms with Crippen LogP contribution in [0.2, 0.25) is 0 Å². The van der Waals surface area contributed by atoms with E-state index in [0.29, 0.717) is 44.5 Å². The molecule has 0 aliphatic heterocycles. The summed E-state index contributed by atoms with van der Waals surface area (Å²) < 4.78 is 23.6. The van der Waals surface area contributed by atoms with Crippen LogP contribution < -0.4 is 15.5 Å². The van der Waals surface area contributed by atoms with Gasteiger partial charge in [0.2, 0.25) is 5.91 Å². The molecule has 0 unspecified atom stereocenters. The Bertz CT molecular complexity index is 1060. The Morgan fingerprint density at radius 1 is 1.00 bits per heavy atom. The predicted molar refractivity (Wildman–Crippen MR) is 171 cm³/mol. The summed E-state index contributed by atoms with van der Waals surface area (Å²) in [6.07, 6.45) is 2.73. The normalized spacial score (nSPS) is 16.2. The number of hydrogen-bond donors (Lipinski definition) is 7. The standard InChI is InChI=1S/C23H37Cl2N3O9P2.3Na.3H/c24-12-14-28(17-29,15-13-25)19-6-4-18(5-7-19)16-20(26)21(30)27-22(8-2-1-3-9-22)10-11-23(31,38(32,33)34)39(35,36)37;;;;;;/h4-7,17,20,31H,1-3,8-16,26H2,(H4-,27,30,32,33,34,35,36,37);;;;;;/p+1/t20-;;;;;;/m0....../s1. The molecule has 0 spiro atoms. The Labute approximate surface area is 323 Å². The van der Waals surface area contributed by atoms with E-state index in [1.165, 1.54) is 0 Å². The molecule has 228 valence electrons. The van der Waals surface area contributed by atoms with Gasteiger partial charge in [0.25, 0.3) is 5.08 Å². The SMILES string of the molecule is N[C@@H](Cc1ccc([N+](C=O)(CCCl)CCCl)cc1)C(=O)NC1(CCC(O)(P(=O)(O)O)P(=O)(O)O)CCCCC1.[NaH].[NaH].[NaH]. The number of nitrogens with zero attached hydrogens (tertiary/aromatic N) is 1. The van der Waals surface area contributed by atoms with Crippen LogP contribution in [0.25, 0.3) is 0 Å². The van der Waals surface area contributed by atoms with Crippen molar-refractivity contribution in [2.75, 3.05) is 24.8 Å². The van der Waals surface area contributed by atoms with Crippen molar-refractivity contribution in [3.05, 3.63) is 29.8 Å². The summed E-state index contributed by atoms with van der Waals surface area (Å²) >= 11 is 11.8. The molecule has 1 aromatic rings. The quantitative estimate of drug-likeness (QED) is 0.0433. The van der Waals surface area contributed by atoms with E-state index >= 15 is 0 Å². The Hall–Kier alpha value is 2.12. The molecule has 1 aromatic carbocycles. The fourth-order valence-corrected chi connectivity index (χ4v) is 7.77. The molecule has 0 aromatic heterocycles. The summed E-state index contributed by atoms with van der Waals surface area (Å²) in [5.41, 5.74) is 6.55. The number of alkyl halides is 2. The van der Waals surface area contributed by atoms with E-state index in [1.54, 1.807) is 24.3 Å². The first-order valence-corrected chi connectivity index (χ1v) is 16.8. The number of carbonyl (C=O) groups excluding carboxylic acids is 2. The number of carbonyl (C=O) groups is 2. The molecule has 1 aliphatic carbocycles. The van der Waals surface area contributed by atoms with E-state index in [2.05, 4.69) is 5.32 Å². The molecule has 1 fully saturated rings. The Kier molecular flexibility index (Phi) is 21.8. The maximum atomic E-state index is 13.1. The van der Waals surface area contributed by atoms with Crippen molar-refractivity contribution < 1.29 is 43.4 Å². The van der Waals surface area contributed by atoms with Gasteiger partial charge in [0.05, 0.1) is 17.8 Å². The van der Waals surface area contributed by atoms with Crippen LogP contribution in [0.4, 0.5) is 5.69 Å². The third-order valence-electron chi connectivity index (χ3n) is 7.48. The number of benzene rings is 1. The molecule has 0 radical (unpaired) electrons. The van der Waals surface area contributed by atoms with Gasteiger partial charge in [-0.3, -0.25) is 13.9 Å². The molecule has 19 heteroatoms. The molecule has 0 heterocycles. The Morgan fingerprint density at radius 2 is 1.48 bits per heavy atom. The first kappa shape index (κ1) is 46.2. The van der Waals surface area contributed by atoms with E-state index in [4.69, 9.17) is 28.9 Å². The van der Waals surface area contributed by atoms with E-state index < -0.39 is 44.2 Å². The molecule has 1 saturated carbocycles. The molecule has 0 saturated heterocycles. The van der Waals surface area contributed by atoms with Crippen LogP contribution in [0, 0.1) is 0 Å². The Balaban J connectivity index is 0. The number of aliphatic hydroxyl groups is 1. The van der Waals surface area contributed by atoms with Crippen LogP contribution in [0.1, 0.15) is 50.5 Å².